The Labute approximate surface area is 235 Å². The van der Waals surface area contributed by atoms with Gasteiger partial charge in [-0.05, 0) is 107 Å². The van der Waals surface area contributed by atoms with Gasteiger partial charge in [0.05, 0.1) is 5.69 Å². The SMILES string of the molecule is C=S1(=O)CC2(CC(N3C[C@@H]4CC3C[C@H]4c3sc4[nH]c(-c5cn6ncnc6c(C)c5C)c(C(C)C)c4c3C)C2)C1. The topological polar surface area (TPSA) is 66.3 Å². The average Bonchev–Trinajstić information content (AvgIpc) is 3.64. The summed E-state index contributed by atoms with van der Waals surface area (Å²) >= 11 is 2.02. The Bertz CT molecular complexity index is 1750. The minimum Gasteiger partial charge on any atom is -0.346 e. The molecule has 1 unspecified atom stereocenters. The third-order valence-corrected chi connectivity index (χ3v) is 14.4. The Morgan fingerprint density at radius 1 is 1.13 bits per heavy atom. The van der Waals surface area contributed by atoms with Gasteiger partial charge in [-0.1, -0.05) is 13.8 Å². The third-order valence-electron chi connectivity index (χ3n) is 10.8. The number of H-pyrrole nitrogens is 1. The lowest BCUT2D eigenvalue weighted by Gasteiger charge is -2.58. The van der Waals surface area contributed by atoms with Gasteiger partial charge in [0.25, 0.3) is 0 Å². The van der Waals surface area contributed by atoms with Crippen LogP contribution in [0, 0.1) is 32.1 Å². The van der Waals surface area contributed by atoms with Crippen molar-refractivity contribution in [3.63, 3.8) is 0 Å². The van der Waals surface area contributed by atoms with Gasteiger partial charge in [0, 0.05) is 52.2 Å². The highest BCUT2D eigenvalue weighted by molar-refractivity contribution is 8.01. The lowest BCUT2D eigenvalue weighted by Crippen LogP contribution is -2.63. The van der Waals surface area contributed by atoms with Gasteiger partial charge in [-0.2, -0.15) is 5.10 Å². The van der Waals surface area contributed by atoms with Crippen molar-refractivity contribution in [1.82, 2.24) is 24.5 Å². The summed E-state index contributed by atoms with van der Waals surface area (Å²) in [7, 11) is -1.73. The lowest BCUT2D eigenvalue weighted by atomic mass is 9.66. The third kappa shape index (κ3) is 3.40. The normalized spacial score (nSPS) is 34.1. The fourth-order valence-corrected chi connectivity index (χ4v) is 13.1. The summed E-state index contributed by atoms with van der Waals surface area (Å²) in [6.07, 6.45) is 8.96. The standard InChI is InChI=1S/C31H39N5OS2/c1-16(2)25-26-19(5)28(38-30(26)34-27(25)24-12-36-29(32-15-33-36)18(4)17(24)3)23-8-21-7-20(23)11-35(21)22-9-31(10-22)13-39(6,37)14-31/h12,15-16,20-23,34H,6-11,13-14H2,1-5H3/t20-,21?,22?,23+,31?,39?/m0/s1. The molecular weight excluding hydrogens is 523 g/mol. The van der Waals surface area contributed by atoms with E-state index in [1.54, 1.807) is 11.2 Å². The monoisotopic (exact) mass is 561 g/mol. The molecule has 39 heavy (non-hydrogen) atoms. The number of aromatic nitrogens is 4. The zero-order valence-electron chi connectivity index (χ0n) is 23.7. The van der Waals surface area contributed by atoms with Crippen LogP contribution in [0.4, 0.5) is 0 Å². The van der Waals surface area contributed by atoms with Crippen LogP contribution < -0.4 is 0 Å². The molecule has 2 aliphatic heterocycles. The molecule has 0 radical (unpaired) electrons. The molecule has 0 aromatic carbocycles. The minimum atomic E-state index is -1.73. The average molecular weight is 562 g/mol. The number of fused-ring (bicyclic) bond motifs is 4. The van der Waals surface area contributed by atoms with Gasteiger partial charge in [0.1, 0.15) is 11.2 Å². The number of likely N-dealkylation sites (tertiary alicyclic amines) is 1. The second kappa shape index (κ2) is 7.98. The van der Waals surface area contributed by atoms with E-state index >= 15 is 0 Å². The summed E-state index contributed by atoms with van der Waals surface area (Å²) in [5, 5.41) is 5.91. The molecule has 1 spiro atoms. The van der Waals surface area contributed by atoms with E-state index in [9.17, 15) is 4.21 Å². The second-order valence-electron chi connectivity index (χ2n) is 13.7. The maximum atomic E-state index is 12.2. The largest absolute Gasteiger partial charge is 0.346 e. The van der Waals surface area contributed by atoms with E-state index in [-0.39, 0.29) is 0 Å². The Hall–Kier alpha value is -2.16. The van der Waals surface area contributed by atoms with Gasteiger partial charge in [0.2, 0.25) is 0 Å². The molecule has 4 aromatic heterocycles. The summed E-state index contributed by atoms with van der Waals surface area (Å²) in [6, 6.07) is 1.45. The molecule has 4 aliphatic rings. The molecule has 2 aliphatic carbocycles. The highest BCUT2D eigenvalue weighted by Gasteiger charge is 2.58. The van der Waals surface area contributed by atoms with Crippen LogP contribution in [0.2, 0.25) is 0 Å². The Balaban J connectivity index is 1.10. The molecule has 3 atom stereocenters. The number of thiophene rings is 1. The lowest BCUT2D eigenvalue weighted by molar-refractivity contribution is 0.00248. The van der Waals surface area contributed by atoms with Crippen LogP contribution in [0.15, 0.2) is 12.5 Å². The van der Waals surface area contributed by atoms with Gasteiger partial charge in [0.15, 0.2) is 5.65 Å². The number of pyridine rings is 1. The van der Waals surface area contributed by atoms with Crippen LogP contribution in [0.1, 0.15) is 78.5 Å². The smallest absolute Gasteiger partial charge is 0.158 e. The second-order valence-corrected chi connectivity index (χ2v) is 17.3. The fraction of sp³-hybridized carbons (Fsp3) is 0.581. The van der Waals surface area contributed by atoms with Gasteiger partial charge in [-0.25, -0.2) is 9.50 Å². The van der Waals surface area contributed by atoms with Crippen LogP contribution >= 0.6 is 11.3 Å². The molecular formula is C31H39N5OS2. The molecule has 0 amide bonds. The predicted octanol–water partition coefficient (Wildman–Crippen LogP) is 6.04. The summed E-state index contributed by atoms with van der Waals surface area (Å²) < 4.78 is 14.1. The predicted molar refractivity (Wildman–Crippen MR) is 163 cm³/mol. The molecule has 6 nitrogen and oxygen atoms in total. The molecule has 2 saturated carbocycles. The number of nitrogens with one attached hydrogen (secondary N) is 1. The highest BCUT2D eigenvalue weighted by atomic mass is 32.2. The first kappa shape index (κ1) is 24.6. The summed E-state index contributed by atoms with van der Waals surface area (Å²) in [5.74, 6) is 7.58. The van der Waals surface area contributed by atoms with Crippen molar-refractivity contribution in [2.45, 2.75) is 84.2 Å². The first-order valence-corrected chi connectivity index (χ1v) is 17.5. The van der Waals surface area contributed by atoms with Crippen LogP contribution in [-0.2, 0) is 9.52 Å². The van der Waals surface area contributed by atoms with Crippen LogP contribution in [0.5, 0.6) is 0 Å². The number of nitrogens with zero attached hydrogens (tertiary/aromatic N) is 4. The number of hydrogen-bond donors (Lipinski definition) is 1. The first-order chi connectivity index (χ1) is 18.5. The number of aromatic amines is 1. The van der Waals surface area contributed by atoms with Crippen molar-refractivity contribution >= 4 is 42.6 Å². The molecule has 2 saturated heterocycles. The van der Waals surface area contributed by atoms with Gasteiger partial charge in [-0.3, -0.25) is 9.11 Å². The molecule has 1 N–H and O–H groups in total. The highest BCUT2D eigenvalue weighted by Crippen LogP contribution is 2.58. The maximum Gasteiger partial charge on any atom is 0.158 e. The number of hydrogen-bond acceptors (Lipinski definition) is 5. The number of piperidine rings is 1. The van der Waals surface area contributed by atoms with Crippen LogP contribution in [0.25, 0.3) is 27.1 Å². The molecule has 4 aromatic rings. The van der Waals surface area contributed by atoms with E-state index in [1.807, 2.05) is 15.9 Å². The van der Waals surface area contributed by atoms with Crippen molar-refractivity contribution in [1.29, 1.82) is 0 Å². The first-order valence-electron chi connectivity index (χ1n) is 14.6. The summed E-state index contributed by atoms with van der Waals surface area (Å²) in [4.78, 5) is 14.2. The molecule has 8 rings (SSSR count). The number of aryl methyl sites for hydroxylation is 2. The zero-order valence-corrected chi connectivity index (χ0v) is 25.3. The number of rotatable bonds is 4. The molecule has 8 heteroatoms. The summed E-state index contributed by atoms with van der Waals surface area (Å²) in [5.41, 5.74) is 9.21. The van der Waals surface area contributed by atoms with E-state index < -0.39 is 9.52 Å². The quantitative estimate of drug-likeness (QED) is 0.308. The Morgan fingerprint density at radius 3 is 2.56 bits per heavy atom. The zero-order chi connectivity index (χ0) is 27.0. The molecule has 6 heterocycles. The maximum absolute atomic E-state index is 12.2. The molecule has 4 fully saturated rings. The van der Waals surface area contributed by atoms with E-state index in [4.69, 9.17) is 0 Å². The van der Waals surface area contributed by atoms with Crippen molar-refractivity contribution < 1.29 is 4.21 Å². The van der Waals surface area contributed by atoms with Crippen LogP contribution in [0.3, 0.4) is 0 Å². The van der Waals surface area contributed by atoms with Crippen LogP contribution in [-0.4, -0.2) is 64.7 Å². The molecule has 2 bridgehead atoms. The van der Waals surface area contributed by atoms with Gasteiger partial charge < -0.3 is 4.98 Å². The van der Waals surface area contributed by atoms with E-state index in [1.165, 1.54) is 76.0 Å². The van der Waals surface area contributed by atoms with E-state index in [0.29, 0.717) is 17.3 Å². The van der Waals surface area contributed by atoms with Gasteiger partial charge >= 0.3 is 0 Å². The van der Waals surface area contributed by atoms with E-state index in [2.05, 4.69) is 66.7 Å². The van der Waals surface area contributed by atoms with Crippen molar-refractivity contribution in [2.24, 2.45) is 11.3 Å². The fourth-order valence-electron chi connectivity index (χ4n) is 9.09. The summed E-state index contributed by atoms with van der Waals surface area (Å²) in [6.45, 7) is 12.6. The van der Waals surface area contributed by atoms with E-state index in [0.717, 1.165) is 35.2 Å². The Kier molecular flexibility index (Phi) is 5.04. The van der Waals surface area contributed by atoms with Crippen molar-refractivity contribution in [3.8, 4) is 11.3 Å². The van der Waals surface area contributed by atoms with Crippen molar-refractivity contribution in [2.75, 3.05) is 18.1 Å². The van der Waals surface area contributed by atoms with Crippen molar-refractivity contribution in [3.05, 3.63) is 39.7 Å². The molecule has 206 valence electrons. The minimum absolute atomic E-state index is 0.383. The van der Waals surface area contributed by atoms with Gasteiger partial charge in [-0.15, -0.1) is 11.3 Å². The Morgan fingerprint density at radius 2 is 1.90 bits per heavy atom.